The fourth-order valence-electron chi connectivity index (χ4n) is 2.26. The molecular formula is C15H9F4N3OS. The molecule has 0 bridgehead atoms. The van der Waals surface area contributed by atoms with E-state index in [0.717, 1.165) is 24.3 Å². The molecule has 1 amide bonds. The van der Waals surface area contributed by atoms with Crippen LogP contribution in [0.2, 0.25) is 0 Å². The van der Waals surface area contributed by atoms with E-state index in [2.05, 4.69) is 15.3 Å². The molecule has 0 saturated carbocycles. The van der Waals surface area contributed by atoms with Crippen LogP contribution in [0.3, 0.4) is 0 Å². The van der Waals surface area contributed by atoms with Crippen molar-refractivity contribution in [2.45, 2.75) is 6.18 Å². The highest BCUT2D eigenvalue weighted by Gasteiger charge is 2.30. The Morgan fingerprint density at radius 2 is 1.88 bits per heavy atom. The predicted octanol–water partition coefficient (Wildman–Crippen LogP) is 4.64. The first kappa shape index (κ1) is 16.2. The zero-order valence-corrected chi connectivity index (χ0v) is 12.6. The first-order valence-electron chi connectivity index (χ1n) is 6.64. The van der Waals surface area contributed by atoms with Gasteiger partial charge in [-0.15, -0.1) is 0 Å². The molecule has 4 nitrogen and oxygen atoms in total. The fourth-order valence-corrected chi connectivity index (χ4v) is 2.47. The number of aromatic nitrogens is 2. The summed E-state index contributed by atoms with van der Waals surface area (Å²) in [5.41, 5.74) is -0.470. The molecule has 3 rings (SSSR count). The van der Waals surface area contributed by atoms with Crippen LogP contribution in [0.5, 0.6) is 0 Å². The van der Waals surface area contributed by atoms with E-state index in [0.29, 0.717) is 0 Å². The monoisotopic (exact) mass is 355 g/mol. The smallest absolute Gasteiger partial charge is 0.331 e. The van der Waals surface area contributed by atoms with Crippen LogP contribution in [0.25, 0.3) is 11.0 Å². The van der Waals surface area contributed by atoms with Gasteiger partial charge in [-0.1, -0.05) is 6.07 Å². The first-order chi connectivity index (χ1) is 11.2. The summed E-state index contributed by atoms with van der Waals surface area (Å²) in [7, 11) is 0. The number of imidazole rings is 1. The van der Waals surface area contributed by atoms with E-state index in [1.165, 1.54) is 12.1 Å². The predicted molar refractivity (Wildman–Crippen MR) is 82.8 cm³/mol. The molecule has 1 aromatic heterocycles. The number of carbonyl (C=O) groups is 1. The molecule has 0 saturated heterocycles. The Labute approximate surface area is 137 Å². The number of rotatable bonds is 2. The molecule has 0 spiro atoms. The Hall–Kier alpha value is -2.68. The number of nitrogens with one attached hydrogen (secondary N) is 3. The van der Waals surface area contributed by atoms with E-state index in [1.54, 1.807) is 0 Å². The second-order valence-corrected chi connectivity index (χ2v) is 5.40. The van der Waals surface area contributed by atoms with Crippen molar-refractivity contribution in [3.05, 3.63) is 58.1 Å². The van der Waals surface area contributed by atoms with Crippen LogP contribution in [-0.4, -0.2) is 15.9 Å². The zero-order valence-electron chi connectivity index (χ0n) is 11.8. The first-order valence-corrected chi connectivity index (χ1v) is 7.05. The van der Waals surface area contributed by atoms with Gasteiger partial charge in [0.15, 0.2) is 4.77 Å². The minimum atomic E-state index is -4.53. The lowest BCUT2D eigenvalue weighted by Gasteiger charge is -2.10. The van der Waals surface area contributed by atoms with Crippen molar-refractivity contribution in [1.82, 2.24) is 9.97 Å². The Balaban J connectivity index is 1.98. The number of halogens is 4. The third-order valence-corrected chi connectivity index (χ3v) is 3.49. The number of carbonyl (C=O) groups excluding carboxylic acids is 1. The number of aromatic amines is 2. The third-order valence-electron chi connectivity index (χ3n) is 3.28. The van der Waals surface area contributed by atoms with E-state index in [4.69, 9.17) is 12.2 Å². The average molecular weight is 355 g/mol. The molecule has 3 aromatic rings. The van der Waals surface area contributed by atoms with Gasteiger partial charge in [-0.3, -0.25) is 4.79 Å². The van der Waals surface area contributed by atoms with Gasteiger partial charge in [0.25, 0.3) is 5.91 Å². The van der Waals surface area contributed by atoms with Gasteiger partial charge in [-0.05, 0) is 42.5 Å². The molecule has 0 fully saturated rings. The van der Waals surface area contributed by atoms with Crippen molar-refractivity contribution < 1.29 is 22.4 Å². The topological polar surface area (TPSA) is 60.7 Å². The summed E-state index contributed by atoms with van der Waals surface area (Å²) in [5.74, 6) is -1.44. The quantitative estimate of drug-likeness (QED) is 0.463. The van der Waals surface area contributed by atoms with Crippen LogP contribution >= 0.6 is 12.2 Å². The zero-order chi connectivity index (χ0) is 17.5. The summed E-state index contributed by atoms with van der Waals surface area (Å²) < 4.78 is 52.0. The van der Waals surface area contributed by atoms with Gasteiger partial charge in [0.2, 0.25) is 0 Å². The highest BCUT2D eigenvalue weighted by Crippen LogP contribution is 2.31. The summed E-state index contributed by atoms with van der Waals surface area (Å²) in [4.78, 5) is 17.7. The third kappa shape index (κ3) is 3.16. The van der Waals surface area contributed by atoms with Gasteiger partial charge in [0.1, 0.15) is 5.82 Å². The van der Waals surface area contributed by atoms with E-state index in [1.807, 2.05) is 0 Å². The largest absolute Gasteiger partial charge is 0.416 e. The molecule has 24 heavy (non-hydrogen) atoms. The van der Waals surface area contributed by atoms with Gasteiger partial charge in [-0.2, -0.15) is 13.2 Å². The van der Waals surface area contributed by atoms with E-state index in [9.17, 15) is 22.4 Å². The van der Waals surface area contributed by atoms with Crippen LogP contribution in [0.4, 0.5) is 23.2 Å². The Bertz CT molecular complexity index is 990. The highest BCUT2D eigenvalue weighted by atomic mass is 32.1. The number of hydrogen-bond acceptors (Lipinski definition) is 2. The van der Waals surface area contributed by atoms with Crippen LogP contribution in [0.1, 0.15) is 15.9 Å². The van der Waals surface area contributed by atoms with Crippen LogP contribution in [0, 0.1) is 10.6 Å². The minimum absolute atomic E-state index is 0.0543. The number of anilines is 1. The lowest BCUT2D eigenvalue weighted by atomic mass is 10.1. The van der Waals surface area contributed by atoms with Crippen molar-refractivity contribution >= 4 is 34.8 Å². The number of benzene rings is 2. The highest BCUT2D eigenvalue weighted by molar-refractivity contribution is 7.71. The van der Waals surface area contributed by atoms with E-state index in [-0.39, 0.29) is 27.1 Å². The lowest BCUT2D eigenvalue weighted by molar-refractivity contribution is -0.137. The van der Waals surface area contributed by atoms with Crippen molar-refractivity contribution in [3.8, 4) is 0 Å². The molecule has 3 N–H and O–H groups in total. The number of fused-ring (bicyclic) bond motifs is 1. The van der Waals surface area contributed by atoms with Crippen molar-refractivity contribution in [2.24, 2.45) is 0 Å². The molecular weight excluding hydrogens is 346 g/mol. The number of amides is 1. The van der Waals surface area contributed by atoms with Gasteiger partial charge in [0, 0.05) is 5.69 Å². The summed E-state index contributed by atoms with van der Waals surface area (Å²) in [5, 5.41) is 2.33. The fraction of sp³-hybridized carbons (Fsp3) is 0.0667. The van der Waals surface area contributed by atoms with Crippen molar-refractivity contribution in [2.75, 3.05) is 5.32 Å². The standard InChI is InChI=1S/C15H9F4N3OS/c16-8-5-10(12-11(6-8)21-14(24)22-12)13(23)20-9-3-1-2-7(4-9)15(17,18)19/h1-6H,(H,20,23)(H2,21,22,24). The summed E-state index contributed by atoms with van der Waals surface area (Å²) in [6.45, 7) is 0. The number of hydrogen-bond donors (Lipinski definition) is 3. The average Bonchev–Trinajstić information content (AvgIpc) is 2.85. The summed E-state index contributed by atoms with van der Waals surface area (Å²) in [6.07, 6.45) is -4.53. The Morgan fingerprint density at radius 3 is 2.58 bits per heavy atom. The van der Waals surface area contributed by atoms with Crippen molar-refractivity contribution in [3.63, 3.8) is 0 Å². The molecule has 0 aliphatic heterocycles. The molecule has 1 heterocycles. The molecule has 0 unspecified atom stereocenters. The molecule has 0 aliphatic rings. The molecule has 0 radical (unpaired) electrons. The van der Waals surface area contributed by atoms with Gasteiger partial charge < -0.3 is 15.3 Å². The minimum Gasteiger partial charge on any atom is -0.331 e. The Morgan fingerprint density at radius 1 is 1.12 bits per heavy atom. The molecule has 9 heteroatoms. The molecule has 0 aliphatic carbocycles. The molecule has 0 atom stereocenters. The lowest BCUT2D eigenvalue weighted by Crippen LogP contribution is -2.14. The number of H-pyrrole nitrogens is 2. The second kappa shape index (κ2) is 5.75. The van der Waals surface area contributed by atoms with Gasteiger partial charge in [-0.25, -0.2) is 4.39 Å². The normalized spacial score (nSPS) is 11.7. The van der Waals surface area contributed by atoms with Crippen LogP contribution in [-0.2, 0) is 6.18 Å². The summed E-state index contributed by atoms with van der Waals surface area (Å²) >= 11 is 4.90. The summed E-state index contributed by atoms with van der Waals surface area (Å²) in [6, 6.07) is 6.30. The van der Waals surface area contributed by atoms with E-state index < -0.39 is 23.5 Å². The SMILES string of the molecule is O=C(Nc1cccc(C(F)(F)F)c1)c1cc(F)cc2[nH]c(=S)[nH]c12. The molecule has 2 aromatic carbocycles. The van der Waals surface area contributed by atoms with Crippen LogP contribution < -0.4 is 5.32 Å². The maximum atomic E-state index is 13.6. The van der Waals surface area contributed by atoms with Gasteiger partial charge >= 0.3 is 6.18 Å². The molecule has 124 valence electrons. The maximum absolute atomic E-state index is 13.6. The van der Waals surface area contributed by atoms with Crippen molar-refractivity contribution in [1.29, 1.82) is 0 Å². The van der Waals surface area contributed by atoms with Gasteiger partial charge in [0.05, 0.1) is 22.2 Å². The number of alkyl halides is 3. The van der Waals surface area contributed by atoms with E-state index >= 15 is 0 Å². The van der Waals surface area contributed by atoms with Crippen LogP contribution in [0.15, 0.2) is 36.4 Å². The maximum Gasteiger partial charge on any atom is 0.416 e. The Kier molecular flexibility index (Phi) is 3.88. The second-order valence-electron chi connectivity index (χ2n) is 4.99.